The highest BCUT2D eigenvalue weighted by Gasteiger charge is 2.13. The largest absolute Gasteiger partial charge is 0.256 e. The van der Waals surface area contributed by atoms with Crippen LogP contribution in [0, 0.1) is 0 Å². The second-order valence-corrected chi connectivity index (χ2v) is 10.7. The molecule has 1 aromatic carbocycles. The third-order valence-corrected chi connectivity index (χ3v) is 3.85. The van der Waals surface area contributed by atoms with Gasteiger partial charge in [0, 0.05) is 19.7 Å². The lowest BCUT2D eigenvalue weighted by atomic mass is 10.2. The van der Waals surface area contributed by atoms with Gasteiger partial charge in [-0.25, -0.2) is 0 Å². The molecule has 0 aliphatic rings. The maximum Gasteiger partial charge on any atom is 0.0702 e. The van der Waals surface area contributed by atoms with E-state index in [1.54, 1.807) is 0 Å². The molecule has 0 radical (unpaired) electrons. The van der Waals surface area contributed by atoms with Gasteiger partial charge in [-0.3, -0.25) is 4.98 Å². The fourth-order valence-corrected chi connectivity index (χ4v) is 3.24. The van der Waals surface area contributed by atoms with Gasteiger partial charge >= 0.3 is 0 Å². The Hall–Kier alpha value is -1.15. The standard InChI is InChI=1S/C13H17NSi/c1-15(2,3)10-11-8-12-6-4-5-7-13(12)14-9-11/h4-9H,10H2,1-3H3. The molecule has 0 bridgehead atoms. The summed E-state index contributed by atoms with van der Waals surface area (Å²) < 4.78 is 0. The third kappa shape index (κ3) is 2.66. The molecule has 2 heteroatoms. The lowest BCUT2D eigenvalue weighted by Crippen LogP contribution is -2.23. The molecule has 2 rings (SSSR count). The fraction of sp³-hybridized carbons (Fsp3) is 0.308. The molecule has 15 heavy (non-hydrogen) atoms. The zero-order valence-corrected chi connectivity index (χ0v) is 10.6. The Morgan fingerprint density at radius 2 is 1.87 bits per heavy atom. The molecule has 0 unspecified atom stereocenters. The van der Waals surface area contributed by atoms with E-state index >= 15 is 0 Å². The van der Waals surface area contributed by atoms with Crippen molar-refractivity contribution in [1.29, 1.82) is 0 Å². The van der Waals surface area contributed by atoms with E-state index in [0.29, 0.717) is 0 Å². The van der Waals surface area contributed by atoms with Crippen LogP contribution >= 0.6 is 0 Å². The lowest BCUT2D eigenvalue weighted by Gasteiger charge is -2.15. The minimum Gasteiger partial charge on any atom is -0.256 e. The molecule has 1 aromatic heterocycles. The summed E-state index contributed by atoms with van der Waals surface area (Å²) in [5.74, 6) is 0. The topological polar surface area (TPSA) is 12.9 Å². The van der Waals surface area contributed by atoms with Gasteiger partial charge in [0.25, 0.3) is 0 Å². The summed E-state index contributed by atoms with van der Waals surface area (Å²) in [5.41, 5.74) is 2.48. The van der Waals surface area contributed by atoms with Gasteiger partial charge in [0.1, 0.15) is 0 Å². The monoisotopic (exact) mass is 215 g/mol. The summed E-state index contributed by atoms with van der Waals surface area (Å²) in [6.07, 6.45) is 2.03. The van der Waals surface area contributed by atoms with Crippen molar-refractivity contribution in [2.75, 3.05) is 0 Å². The van der Waals surface area contributed by atoms with Crippen molar-refractivity contribution < 1.29 is 0 Å². The maximum atomic E-state index is 4.49. The first-order chi connectivity index (χ1) is 7.04. The summed E-state index contributed by atoms with van der Waals surface area (Å²) in [6, 6.07) is 11.8. The van der Waals surface area contributed by atoms with Crippen LogP contribution in [0.2, 0.25) is 19.6 Å². The molecule has 0 amide bonds. The molecule has 0 aliphatic heterocycles. The number of para-hydroxylation sites is 1. The molecular formula is C13H17NSi. The maximum absolute atomic E-state index is 4.49. The first-order valence-corrected chi connectivity index (χ1v) is 9.09. The highest BCUT2D eigenvalue weighted by molar-refractivity contribution is 6.75. The predicted octanol–water partition coefficient (Wildman–Crippen LogP) is 3.65. The van der Waals surface area contributed by atoms with Crippen molar-refractivity contribution in [2.24, 2.45) is 0 Å². The quantitative estimate of drug-likeness (QED) is 0.697. The van der Waals surface area contributed by atoms with Crippen LogP contribution in [-0.4, -0.2) is 13.1 Å². The van der Waals surface area contributed by atoms with Gasteiger partial charge in [-0.05, 0) is 23.7 Å². The number of fused-ring (bicyclic) bond motifs is 1. The second-order valence-electron chi connectivity index (χ2n) is 5.27. The van der Waals surface area contributed by atoms with Gasteiger partial charge in [0.05, 0.1) is 5.52 Å². The van der Waals surface area contributed by atoms with Crippen molar-refractivity contribution in [1.82, 2.24) is 4.98 Å². The van der Waals surface area contributed by atoms with E-state index in [4.69, 9.17) is 0 Å². The molecule has 0 atom stereocenters. The minimum absolute atomic E-state index is 1.03. The SMILES string of the molecule is C[Si](C)(C)Cc1cnc2ccccc2c1. The van der Waals surface area contributed by atoms with Crippen molar-refractivity contribution in [3.05, 3.63) is 42.1 Å². The van der Waals surface area contributed by atoms with Crippen molar-refractivity contribution >= 4 is 19.0 Å². The Bertz CT molecular complexity index is 471. The summed E-state index contributed by atoms with van der Waals surface area (Å²) >= 11 is 0. The first kappa shape index (κ1) is 10.4. The van der Waals surface area contributed by atoms with Crippen LogP contribution in [0.4, 0.5) is 0 Å². The number of hydrogen-bond acceptors (Lipinski definition) is 1. The zero-order valence-electron chi connectivity index (χ0n) is 9.62. The zero-order chi connectivity index (χ0) is 10.9. The molecule has 78 valence electrons. The molecule has 0 fully saturated rings. The van der Waals surface area contributed by atoms with Gasteiger partial charge in [-0.15, -0.1) is 0 Å². The highest BCUT2D eigenvalue weighted by atomic mass is 28.3. The number of benzene rings is 1. The molecule has 1 nitrogen and oxygen atoms in total. The number of nitrogens with zero attached hydrogens (tertiary/aromatic N) is 1. The lowest BCUT2D eigenvalue weighted by molar-refractivity contribution is 1.25. The molecular weight excluding hydrogens is 198 g/mol. The summed E-state index contributed by atoms with van der Waals surface area (Å²) in [7, 11) is -1.03. The molecule has 0 N–H and O–H groups in total. The smallest absolute Gasteiger partial charge is 0.0702 e. The van der Waals surface area contributed by atoms with E-state index in [0.717, 1.165) is 5.52 Å². The number of hydrogen-bond donors (Lipinski definition) is 0. The Morgan fingerprint density at radius 1 is 1.13 bits per heavy atom. The Balaban J connectivity index is 2.39. The number of aromatic nitrogens is 1. The Labute approximate surface area is 92.2 Å². The minimum atomic E-state index is -1.03. The van der Waals surface area contributed by atoms with Crippen LogP contribution in [0.15, 0.2) is 36.5 Å². The van der Waals surface area contributed by atoms with Crippen molar-refractivity contribution in [3.63, 3.8) is 0 Å². The molecule has 1 heterocycles. The summed E-state index contributed by atoms with van der Waals surface area (Å²) in [5, 5.41) is 1.26. The van der Waals surface area contributed by atoms with E-state index in [2.05, 4.69) is 48.9 Å². The van der Waals surface area contributed by atoms with Crippen molar-refractivity contribution in [3.8, 4) is 0 Å². The van der Waals surface area contributed by atoms with E-state index in [-0.39, 0.29) is 0 Å². The fourth-order valence-electron chi connectivity index (χ4n) is 1.83. The van der Waals surface area contributed by atoms with Crippen LogP contribution in [0.3, 0.4) is 0 Å². The molecule has 0 aliphatic carbocycles. The number of pyridine rings is 1. The Morgan fingerprint density at radius 3 is 2.60 bits per heavy atom. The van der Waals surface area contributed by atoms with E-state index in [9.17, 15) is 0 Å². The van der Waals surface area contributed by atoms with Crippen LogP contribution in [0.1, 0.15) is 5.56 Å². The average molecular weight is 215 g/mol. The van der Waals surface area contributed by atoms with E-state index in [1.807, 2.05) is 12.3 Å². The molecule has 0 saturated heterocycles. The van der Waals surface area contributed by atoms with E-state index < -0.39 is 8.07 Å². The van der Waals surface area contributed by atoms with Crippen LogP contribution < -0.4 is 0 Å². The van der Waals surface area contributed by atoms with E-state index in [1.165, 1.54) is 17.0 Å². The summed E-state index contributed by atoms with van der Waals surface area (Å²) in [4.78, 5) is 4.49. The number of rotatable bonds is 2. The average Bonchev–Trinajstić information content (AvgIpc) is 2.15. The van der Waals surface area contributed by atoms with Gasteiger partial charge in [-0.1, -0.05) is 37.8 Å². The van der Waals surface area contributed by atoms with Crippen LogP contribution in [0.25, 0.3) is 10.9 Å². The van der Waals surface area contributed by atoms with Crippen LogP contribution in [0.5, 0.6) is 0 Å². The summed E-state index contributed by atoms with van der Waals surface area (Å²) in [6.45, 7) is 7.17. The van der Waals surface area contributed by atoms with Gasteiger partial charge in [0.15, 0.2) is 0 Å². The second kappa shape index (κ2) is 3.78. The third-order valence-electron chi connectivity index (χ3n) is 2.38. The van der Waals surface area contributed by atoms with Crippen molar-refractivity contribution in [2.45, 2.75) is 25.7 Å². The highest BCUT2D eigenvalue weighted by Crippen LogP contribution is 2.16. The van der Waals surface area contributed by atoms with Gasteiger partial charge < -0.3 is 0 Å². The molecule has 0 spiro atoms. The van der Waals surface area contributed by atoms with Gasteiger partial charge in [0.2, 0.25) is 0 Å². The molecule has 2 aromatic rings. The van der Waals surface area contributed by atoms with Crippen LogP contribution in [-0.2, 0) is 6.04 Å². The first-order valence-electron chi connectivity index (χ1n) is 5.38. The molecule has 0 saturated carbocycles. The van der Waals surface area contributed by atoms with Gasteiger partial charge in [-0.2, -0.15) is 0 Å². The normalized spacial score (nSPS) is 11.9. The Kier molecular flexibility index (Phi) is 2.61. The predicted molar refractivity (Wildman–Crippen MR) is 68.8 cm³/mol.